The Morgan fingerprint density at radius 3 is 2.14 bits per heavy atom. The summed E-state index contributed by atoms with van der Waals surface area (Å²) < 4.78 is 38.0. The van der Waals surface area contributed by atoms with Gasteiger partial charge in [0.25, 0.3) is 0 Å². The van der Waals surface area contributed by atoms with E-state index in [1.54, 1.807) is 12.1 Å². The Balaban J connectivity index is 2.30. The predicted molar refractivity (Wildman–Crippen MR) is 77.1 cm³/mol. The molecule has 6 heteroatoms. The highest BCUT2D eigenvalue weighted by molar-refractivity contribution is 6.62. The van der Waals surface area contributed by atoms with E-state index in [1.165, 1.54) is 12.1 Å². The molecule has 1 heterocycles. The van der Waals surface area contributed by atoms with Crippen molar-refractivity contribution in [3.63, 3.8) is 0 Å². The van der Waals surface area contributed by atoms with Crippen LogP contribution in [-0.4, -0.2) is 30.0 Å². The van der Waals surface area contributed by atoms with Crippen LogP contribution in [0.4, 0.5) is 8.78 Å². The van der Waals surface area contributed by atoms with Gasteiger partial charge in [-0.05, 0) is 33.2 Å². The first-order valence-corrected chi connectivity index (χ1v) is 6.82. The first kappa shape index (κ1) is 16.1. The third-order valence-electron chi connectivity index (χ3n) is 4.07. The maximum Gasteiger partial charge on any atom is 0.494 e. The number of Topliss-reactive ketones (excluding diaryl/α,β-unsaturated/α-hetero) is 1. The number of carbonyl (C=O) groups is 1. The molecule has 21 heavy (non-hydrogen) atoms. The summed E-state index contributed by atoms with van der Waals surface area (Å²) in [7, 11) is -0.673. The molecule has 0 unspecified atom stereocenters. The third kappa shape index (κ3) is 3.01. The molecule has 114 valence electrons. The Kier molecular flexibility index (Phi) is 3.75. The van der Waals surface area contributed by atoms with E-state index in [0.29, 0.717) is 12.4 Å². The minimum absolute atomic E-state index is 0.0466. The lowest BCUT2D eigenvalue weighted by Gasteiger charge is -2.32. The molecule has 1 aliphatic heterocycles. The van der Waals surface area contributed by atoms with E-state index in [4.69, 9.17) is 9.31 Å². The van der Waals surface area contributed by atoms with Crippen molar-refractivity contribution in [2.45, 2.75) is 51.7 Å². The monoisotopic (exact) mass is 296 g/mol. The van der Waals surface area contributed by atoms with Crippen molar-refractivity contribution in [3.8, 4) is 0 Å². The Labute approximate surface area is 123 Å². The van der Waals surface area contributed by atoms with Crippen molar-refractivity contribution < 1.29 is 22.9 Å². The van der Waals surface area contributed by atoms with Gasteiger partial charge in [-0.1, -0.05) is 24.3 Å². The smallest absolute Gasteiger partial charge is 0.399 e. The first-order valence-electron chi connectivity index (χ1n) is 6.82. The number of rotatable bonds is 3. The second-order valence-corrected chi connectivity index (χ2v) is 6.43. The average Bonchev–Trinajstić information content (AvgIpc) is 2.57. The van der Waals surface area contributed by atoms with Crippen LogP contribution in [0, 0.1) is 0 Å². The summed E-state index contributed by atoms with van der Waals surface area (Å²) in [6, 6.07) is 6.03. The Morgan fingerprint density at radius 2 is 1.67 bits per heavy atom. The highest BCUT2D eigenvalue weighted by Gasteiger charge is 2.51. The summed E-state index contributed by atoms with van der Waals surface area (Å²) in [5.41, 5.74) is -0.530. The van der Waals surface area contributed by atoms with Gasteiger partial charge < -0.3 is 9.31 Å². The molecule has 0 bridgehead atoms. The second kappa shape index (κ2) is 4.88. The van der Waals surface area contributed by atoms with Gasteiger partial charge in [0.15, 0.2) is 0 Å². The summed E-state index contributed by atoms with van der Waals surface area (Å²) >= 11 is 0. The van der Waals surface area contributed by atoms with E-state index in [0.717, 1.165) is 0 Å². The third-order valence-corrected chi connectivity index (χ3v) is 4.07. The lowest BCUT2D eigenvalue weighted by atomic mass is 9.78. The molecule has 0 spiro atoms. The molecule has 0 radical (unpaired) electrons. The maximum atomic E-state index is 13.1. The van der Waals surface area contributed by atoms with E-state index in [9.17, 15) is 13.6 Å². The Hall–Kier alpha value is -1.27. The topological polar surface area (TPSA) is 35.5 Å². The van der Waals surface area contributed by atoms with Crippen LogP contribution in [0.5, 0.6) is 0 Å². The van der Waals surface area contributed by atoms with Crippen molar-refractivity contribution in [1.29, 1.82) is 0 Å². The largest absolute Gasteiger partial charge is 0.494 e. The van der Waals surface area contributed by atoms with Crippen molar-refractivity contribution in [2.75, 3.05) is 0 Å². The summed E-state index contributed by atoms with van der Waals surface area (Å²) in [6.07, 6.45) is 0. The summed E-state index contributed by atoms with van der Waals surface area (Å²) in [5.74, 6) is -4.60. The molecule has 1 fully saturated rings. The molecule has 0 amide bonds. The molecule has 0 saturated carbocycles. The molecule has 1 aromatic carbocycles. The van der Waals surface area contributed by atoms with Crippen LogP contribution in [0.3, 0.4) is 0 Å². The van der Waals surface area contributed by atoms with Gasteiger partial charge in [0.2, 0.25) is 5.78 Å². The van der Waals surface area contributed by atoms with Gasteiger partial charge in [-0.15, -0.1) is 0 Å². The van der Waals surface area contributed by atoms with Crippen LogP contribution in [0.15, 0.2) is 24.3 Å². The maximum absolute atomic E-state index is 13.1. The lowest BCUT2D eigenvalue weighted by molar-refractivity contribution is 0.00578. The fourth-order valence-corrected chi connectivity index (χ4v) is 2.06. The number of hydrogen-bond acceptors (Lipinski definition) is 3. The standard InChI is InChI=1S/C15H19BF2O3/c1-13(2)14(3,4)21-16(20-13)11-8-6-7-10(9-11)12(19)15(5,17)18/h6-9H,1-5H3. The number of ketones is 1. The zero-order valence-electron chi connectivity index (χ0n) is 12.9. The molecule has 1 aliphatic rings. The van der Waals surface area contributed by atoms with Crippen LogP contribution in [0.2, 0.25) is 0 Å². The summed E-state index contributed by atoms with van der Waals surface area (Å²) in [4.78, 5) is 11.7. The highest BCUT2D eigenvalue weighted by Crippen LogP contribution is 2.36. The number of alkyl halides is 2. The molecule has 1 aromatic rings. The van der Waals surface area contributed by atoms with Crippen molar-refractivity contribution >= 4 is 18.4 Å². The van der Waals surface area contributed by atoms with Crippen LogP contribution >= 0.6 is 0 Å². The van der Waals surface area contributed by atoms with Gasteiger partial charge in [-0.3, -0.25) is 4.79 Å². The fourth-order valence-electron chi connectivity index (χ4n) is 2.06. The molecule has 0 N–H and O–H groups in total. The van der Waals surface area contributed by atoms with E-state index in [2.05, 4.69) is 0 Å². The average molecular weight is 296 g/mol. The van der Waals surface area contributed by atoms with E-state index >= 15 is 0 Å². The summed E-state index contributed by atoms with van der Waals surface area (Å²) in [6.45, 7) is 8.21. The van der Waals surface area contributed by atoms with E-state index in [-0.39, 0.29) is 5.56 Å². The molecular formula is C15H19BF2O3. The number of hydrogen-bond donors (Lipinski definition) is 0. The molecular weight excluding hydrogens is 277 g/mol. The van der Waals surface area contributed by atoms with Gasteiger partial charge in [0.1, 0.15) is 0 Å². The van der Waals surface area contributed by atoms with Crippen LogP contribution in [0.25, 0.3) is 0 Å². The minimum atomic E-state index is -3.39. The fraction of sp³-hybridized carbons (Fsp3) is 0.533. The summed E-state index contributed by atoms with van der Waals surface area (Å²) in [5, 5.41) is 0. The van der Waals surface area contributed by atoms with Crippen LogP contribution in [-0.2, 0) is 9.31 Å². The normalized spacial score (nSPS) is 20.6. The molecule has 0 aromatic heterocycles. The zero-order chi connectivity index (χ0) is 16.1. The van der Waals surface area contributed by atoms with Gasteiger partial charge >= 0.3 is 13.0 Å². The number of carbonyl (C=O) groups excluding carboxylic acids is 1. The zero-order valence-corrected chi connectivity index (χ0v) is 12.9. The SMILES string of the molecule is CC(F)(F)C(=O)c1cccc(B2OC(C)(C)C(C)(C)O2)c1. The molecule has 3 nitrogen and oxygen atoms in total. The van der Waals surface area contributed by atoms with Crippen LogP contribution < -0.4 is 5.46 Å². The molecule has 0 atom stereocenters. The Morgan fingerprint density at radius 1 is 1.14 bits per heavy atom. The molecule has 0 aliphatic carbocycles. The van der Waals surface area contributed by atoms with Crippen molar-refractivity contribution in [1.82, 2.24) is 0 Å². The lowest BCUT2D eigenvalue weighted by Crippen LogP contribution is -2.41. The van der Waals surface area contributed by atoms with Crippen molar-refractivity contribution in [2.24, 2.45) is 0 Å². The predicted octanol–water partition coefficient (Wildman–Crippen LogP) is 2.82. The second-order valence-electron chi connectivity index (χ2n) is 6.43. The van der Waals surface area contributed by atoms with Gasteiger partial charge in [-0.2, -0.15) is 8.78 Å². The number of halogens is 2. The molecule has 2 rings (SSSR count). The molecule has 1 saturated heterocycles. The van der Waals surface area contributed by atoms with E-state index < -0.39 is 30.0 Å². The van der Waals surface area contributed by atoms with Crippen molar-refractivity contribution in [3.05, 3.63) is 29.8 Å². The first-order chi connectivity index (χ1) is 9.44. The minimum Gasteiger partial charge on any atom is -0.399 e. The van der Waals surface area contributed by atoms with Gasteiger partial charge in [-0.25, -0.2) is 0 Å². The Bertz CT molecular complexity index is 548. The highest BCUT2D eigenvalue weighted by atomic mass is 19.3. The number of benzene rings is 1. The quantitative estimate of drug-likeness (QED) is 0.635. The van der Waals surface area contributed by atoms with E-state index in [1.807, 2.05) is 27.7 Å². The van der Waals surface area contributed by atoms with Gasteiger partial charge in [0, 0.05) is 12.5 Å². The van der Waals surface area contributed by atoms with Gasteiger partial charge in [0.05, 0.1) is 11.2 Å². The van der Waals surface area contributed by atoms with Crippen LogP contribution in [0.1, 0.15) is 45.0 Å².